The number of fused-ring (bicyclic) bond motifs is 1. The van der Waals surface area contributed by atoms with Crippen LogP contribution < -0.4 is 18.9 Å². The van der Waals surface area contributed by atoms with Crippen molar-refractivity contribution in [2.45, 2.75) is 69.7 Å². The highest BCUT2D eigenvalue weighted by atomic mass is 32.2. The third kappa shape index (κ3) is 10.6. The van der Waals surface area contributed by atoms with E-state index >= 15 is 0 Å². The molecule has 1 aliphatic rings. The molecule has 1 amide bonds. The van der Waals surface area contributed by atoms with E-state index in [1.165, 1.54) is 25.3 Å². The Balaban J connectivity index is 1.62. The molecule has 268 valence electrons. The van der Waals surface area contributed by atoms with Gasteiger partial charge in [-0.05, 0) is 100 Å². The van der Waals surface area contributed by atoms with E-state index in [9.17, 15) is 18.3 Å². The fourth-order valence-corrected chi connectivity index (χ4v) is 6.88. The van der Waals surface area contributed by atoms with Gasteiger partial charge in [-0.15, -0.1) is 0 Å². The van der Waals surface area contributed by atoms with Crippen molar-refractivity contribution in [1.29, 1.82) is 0 Å². The average Bonchev–Trinajstić information content (AvgIpc) is 3.09. The van der Waals surface area contributed by atoms with Crippen LogP contribution in [0.4, 0.5) is 5.69 Å². The number of amides is 1. The molecule has 12 heteroatoms. The maximum absolute atomic E-state index is 14.4. The summed E-state index contributed by atoms with van der Waals surface area (Å²) < 4.78 is 52.4. The Morgan fingerprint density at radius 2 is 1.65 bits per heavy atom. The zero-order valence-corrected chi connectivity index (χ0v) is 30.2. The van der Waals surface area contributed by atoms with Crippen LogP contribution in [-0.4, -0.2) is 95.1 Å². The topological polar surface area (TPSA) is 127 Å². The Morgan fingerprint density at radius 1 is 1.00 bits per heavy atom. The summed E-state index contributed by atoms with van der Waals surface area (Å²) in [6.07, 6.45) is 2.08. The molecule has 1 heterocycles. The molecule has 0 fully saturated rings. The minimum Gasteiger partial charge on any atom is -0.497 e. The lowest BCUT2D eigenvalue weighted by atomic mass is 10.0. The van der Waals surface area contributed by atoms with Crippen LogP contribution in [0.25, 0.3) is 0 Å². The number of benzene rings is 3. The van der Waals surface area contributed by atoms with Gasteiger partial charge >= 0.3 is 0 Å². The van der Waals surface area contributed by atoms with Crippen molar-refractivity contribution in [3.63, 3.8) is 0 Å². The van der Waals surface area contributed by atoms with Gasteiger partial charge in [-0.2, -0.15) is 0 Å². The first-order chi connectivity index (χ1) is 23.4. The quantitative estimate of drug-likeness (QED) is 0.270. The van der Waals surface area contributed by atoms with Crippen molar-refractivity contribution in [2.24, 2.45) is 5.92 Å². The van der Waals surface area contributed by atoms with E-state index in [1.807, 2.05) is 31.2 Å². The second-order valence-corrected chi connectivity index (χ2v) is 14.5. The highest BCUT2D eigenvalue weighted by molar-refractivity contribution is 7.92. The summed E-state index contributed by atoms with van der Waals surface area (Å²) in [4.78, 5) is 18.3. The van der Waals surface area contributed by atoms with E-state index in [0.29, 0.717) is 37.7 Å². The third-order valence-electron chi connectivity index (χ3n) is 8.78. The molecule has 0 bridgehead atoms. The van der Waals surface area contributed by atoms with Crippen molar-refractivity contribution in [1.82, 2.24) is 9.80 Å². The number of nitrogens with zero attached hydrogens (tertiary/aromatic N) is 2. The number of likely N-dealkylation sites (N-methyl/N-ethyl adjacent to an activating group) is 1. The maximum Gasteiger partial charge on any atom is 0.261 e. The summed E-state index contributed by atoms with van der Waals surface area (Å²) in [5.41, 5.74) is 1.57. The molecule has 3 aromatic carbocycles. The largest absolute Gasteiger partial charge is 0.497 e. The Kier molecular flexibility index (Phi) is 13.7. The lowest BCUT2D eigenvalue weighted by Crippen LogP contribution is -2.47. The molecular weight excluding hydrogens is 646 g/mol. The Hall–Kier alpha value is -3.84. The normalized spacial score (nSPS) is 20.1. The minimum atomic E-state index is -3.97. The molecule has 0 saturated heterocycles. The maximum atomic E-state index is 14.4. The molecular formula is C37H51N3O8S. The zero-order valence-electron chi connectivity index (χ0n) is 29.4. The number of hydrogen-bond acceptors (Lipinski definition) is 9. The fraction of sp³-hybridized carbons (Fsp3) is 0.486. The third-order valence-corrected chi connectivity index (χ3v) is 10.2. The summed E-state index contributed by atoms with van der Waals surface area (Å²) in [6.45, 7) is 7.78. The number of sulfonamides is 1. The van der Waals surface area contributed by atoms with Gasteiger partial charge in [-0.25, -0.2) is 8.42 Å². The summed E-state index contributed by atoms with van der Waals surface area (Å²) in [5, 5.41) is 10.3. The monoisotopic (exact) mass is 697 g/mol. The zero-order chi connectivity index (χ0) is 35.6. The lowest BCUT2D eigenvalue weighted by molar-refractivity contribution is -0.0177. The Bertz CT molecular complexity index is 1600. The molecule has 4 rings (SSSR count). The van der Waals surface area contributed by atoms with Gasteiger partial charge in [0.25, 0.3) is 15.9 Å². The first kappa shape index (κ1) is 38.0. The second kappa shape index (κ2) is 17.7. The number of hydrogen-bond donors (Lipinski definition) is 2. The van der Waals surface area contributed by atoms with Crippen molar-refractivity contribution in [2.75, 3.05) is 52.3 Å². The van der Waals surface area contributed by atoms with E-state index in [0.717, 1.165) is 30.6 Å². The summed E-state index contributed by atoms with van der Waals surface area (Å²) >= 11 is 0. The molecule has 0 unspecified atom stereocenters. The molecule has 3 aromatic rings. The van der Waals surface area contributed by atoms with Gasteiger partial charge < -0.3 is 29.0 Å². The predicted octanol–water partition coefficient (Wildman–Crippen LogP) is 5.43. The van der Waals surface area contributed by atoms with Crippen LogP contribution >= 0.6 is 0 Å². The van der Waals surface area contributed by atoms with Crippen LogP contribution in [-0.2, 0) is 21.3 Å². The van der Waals surface area contributed by atoms with Crippen LogP contribution in [0, 0.1) is 5.92 Å². The number of carbonyl (C=O) groups excluding carboxylic acids is 1. The summed E-state index contributed by atoms with van der Waals surface area (Å²) in [6, 6.07) is 18.2. The van der Waals surface area contributed by atoms with Crippen molar-refractivity contribution in [3.05, 3.63) is 77.9 Å². The van der Waals surface area contributed by atoms with E-state index in [1.54, 1.807) is 43.2 Å². The molecule has 4 atom stereocenters. The van der Waals surface area contributed by atoms with Crippen molar-refractivity contribution >= 4 is 21.6 Å². The Labute approximate surface area is 291 Å². The van der Waals surface area contributed by atoms with Crippen LogP contribution in [0.1, 0.15) is 56.0 Å². The van der Waals surface area contributed by atoms with E-state index in [-0.39, 0.29) is 46.8 Å². The van der Waals surface area contributed by atoms with Gasteiger partial charge in [0.1, 0.15) is 17.2 Å². The smallest absolute Gasteiger partial charge is 0.261 e. The van der Waals surface area contributed by atoms with Crippen LogP contribution in [0.3, 0.4) is 0 Å². The molecule has 11 nitrogen and oxygen atoms in total. The van der Waals surface area contributed by atoms with Crippen LogP contribution in [0.5, 0.6) is 17.2 Å². The molecule has 2 N–H and O–H groups in total. The van der Waals surface area contributed by atoms with Crippen LogP contribution in [0.2, 0.25) is 0 Å². The van der Waals surface area contributed by atoms with Gasteiger partial charge in [0.2, 0.25) is 0 Å². The average molecular weight is 698 g/mol. The van der Waals surface area contributed by atoms with Gasteiger partial charge in [0.05, 0.1) is 49.5 Å². The number of anilines is 1. The van der Waals surface area contributed by atoms with E-state index in [2.05, 4.69) is 23.6 Å². The highest BCUT2D eigenvalue weighted by Crippen LogP contribution is 2.30. The molecule has 1 aliphatic heterocycles. The Morgan fingerprint density at radius 3 is 2.29 bits per heavy atom. The number of methoxy groups -OCH3 is 2. The number of ether oxygens (including phenoxy) is 4. The van der Waals surface area contributed by atoms with Crippen molar-refractivity contribution in [3.8, 4) is 17.2 Å². The fourth-order valence-electron chi connectivity index (χ4n) is 5.83. The first-order valence-corrected chi connectivity index (χ1v) is 18.2. The van der Waals surface area contributed by atoms with Gasteiger partial charge in [0.15, 0.2) is 0 Å². The summed E-state index contributed by atoms with van der Waals surface area (Å²) in [5.74, 6) is 1.23. The van der Waals surface area contributed by atoms with Gasteiger partial charge in [0, 0.05) is 37.8 Å². The molecule has 0 spiro atoms. The molecule has 0 saturated carbocycles. The van der Waals surface area contributed by atoms with Gasteiger partial charge in [-0.3, -0.25) is 14.4 Å². The number of aliphatic hydroxyl groups is 1. The van der Waals surface area contributed by atoms with Gasteiger partial charge in [-0.1, -0.05) is 19.1 Å². The van der Waals surface area contributed by atoms with E-state index < -0.39 is 16.1 Å². The molecule has 0 aliphatic carbocycles. The molecule has 0 aromatic heterocycles. The standard InChI is InChI=1S/C37H51N3O8S/c1-26-22-40(27(2)25-41)37(42)34-21-30(38-49(43,44)33-17-15-32(46-6)16-18-33)12-19-35(34)48-28(3)9-7-8-20-47-36(26)24-39(4)23-29-10-13-31(45-5)14-11-29/h10-19,21,26-28,36,38,41H,7-9,20,22-25H2,1-6H3/t26-,27-,28-,36+/m0/s1. The number of nitrogens with one attached hydrogen (secondary N) is 1. The second-order valence-electron chi connectivity index (χ2n) is 12.8. The number of aliphatic hydroxyl groups excluding tert-OH is 1. The minimum absolute atomic E-state index is 0.0527. The summed E-state index contributed by atoms with van der Waals surface area (Å²) in [7, 11) is 1.24. The van der Waals surface area contributed by atoms with Crippen LogP contribution in [0.15, 0.2) is 71.6 Å². The number of carbonyl (C=O) groups is 1. The molecule has 49 heavy (non-hydrogen) atoms. The van der Waals surface area contributed by atoms with E-state index in [4.69, 9.17) is 18.9 Å². The van der Waals surface area contributed by atoms with Crippen molar-refractivity contribution < 1.29 is 37.3 Å². The molecule has 0 radical (unpaired) electrons. The predicted molar refractivity (Wildman–Crippen MR) is 190 cm³/mol. The lowest BCUT2D eigenvalue weighted by Gasteiger charge is -2.36. The highest BCUT2D eigenvalue weighted by Gasteiger charge is 2.31. The number of rotatable bonds is 11. The first-order valence-electron chi connectivity index (χ1n) is 16.8. The SMILES string of the molecule is COc1ccc(CN(C)C[C@H]2OCCCC[C@H](C)Oc3ccc(NS(=O)(=O)c4ccc(OC)cc4)cc3C(=O)N([C@@H](C)CO)C[C@@H]2C)cc1.